The zero-order valence-electron chi connectivity index (χ0n) is 13.3. The molecule has 3 aromatic rings. The second-order valence-corrected chi connectivity index (χ2v) is 6.14. The van der Waals surface area contributed by atoms with E-state index in [0.29, 0.717) is 11.0 Å². The number of halogens is 2. The van der Waals surface area contributed by atoms with Gasteiger partial charge in [0.25, 0.3) is 5.91 Å². The molecule has 0 bridgehead atoms. The van der Waals surface area contributed by atoms with Crippen LogP contribution >= 0.6 is 0 Å². The van der Waals surface area contributed by atoms with Crippen LogP contribution in [0.4, 0.5) is 8.78 Å². The summed E-state index contributed by atoms with van der Waals surface area (Å²) in [6.07, 6.45) is 5.31. The number of benzene rings is 2. The van der Waals surface area contributed by atoms with Crippen LogP contribution in [0, 0.1) is 11.6 Å². The Hall–Kier alpha value is -2.89. The van der Waals surface area contributed by atoms with Crippen LogP contribution in [-0.4, -0.2) is 15.9 Å². The molecule has 0 fully saturated rings. The smallest absolute Gasteiger partial charge is 0.254 e. The average molecular weight is 339 g/mol. The maximum atomic E-state index is 13.8. The lowest BCUT2D eigenvalue weighted by molar-refractivity contribution is 0.0934. The Labute approximate surface area is 142 Å². The molecule has 6 heteroatoms. The van der Waals surface area contributed by atoms with E-state index in [2.05, 4.69) is 15.3 Å². The highest BCUT2D eigenvalue weighted by Crippen LogP contribution is 2.30. The third kappa shape index (κ3) is 2.95. The highest BCUT2D eigenvalue weighted by molar-refractivity contribution is 6.04. The van der Waals surface area contributed by atoms with Crippen molar-refractivity contribution < 1.29 is 13.6 Å². The molecule has 0 saturated heterocycles. The van der Waals surface area contributed by atoms with Crippen molar-refractivity contribution in [1.29, 1.82) is 0 Å². The molecule has 1 unspecified atom stereocenters. The second kappa shape index (κ2) is 6.20. The summed E-state index contributed by atoms with van der Waals surface area (Å²) in [6, 6.07) is 6.80. The van der Waals surface area contributed by atoms with Gasteiger partial charge in [-0.05, 0) is 48.6 Å². The number of hydrogen-bond acceptors (Lipinski definition) is 3. The Balaban J connectivity index is 1.68. The average Bonchev–Trinajstić information content (AvgIpc) is 2.60. The molecule has 1 aromatic heterocycles. The Kier molecular flexibility index (Phi) is 3.87. The summed E-state index contributed by atoms with van der Waals surface area (Å²) in [5, 5.41) is 2.93. The Morgan fingerprint density at radius 2 is 1.92 bits per heavy atom. The lowest BCUT2D eigenvalue weighted by atomic mass is 9.87. The van der Waals surface area contributed by atoms with Crippen LogP contribution in [0.2, 0.25) is 0 Å². The number of amides is 1. The number of hydrogen-bond donors (Lipinski definition) is 1. The lowest BCUT2D eigenvalue weighted by Crippen LogP contribution is -2.31. The molecule has 1 aliphatic rings. The third-order valence-electron chi connectivity index (χ3n) is 4.51. The molecule has 0 aliphatic heterocycles. The van der Waals surface area contributed by atoms with Crippen LogP contribution in [0.25, 0.3) is 11.0 Å². The molecule has 1 aliphatic carbocycles. The summed E-state index contributed by atoms with van der Waals surface area (Å²) < 4.78 is 27.3. The Morgan fingerprint density at radius 1 is 1.08 bits per heavy atom. The first kappa shape index (κ1) is 15.6. The summed E-state index contributed by atoms with van der Waals surface area (Å²) in [4.78, 5) is 20.9. The number of carbonyl (C=O) groups excluding carboxylic acids is 1. The van der Waals surface area contributed by atoms with Crippen molar-refractivity contribution in [1.82, 2.24) is 15.3 Å². The van der Waals surface area contributed by atoms with Crippen molar-refractivity contribution >= 4 is 16.9 Å². The molecule has 4 nitrogen and oxygen atoms in total. The van der Waals surface area contributed by atoms with Gasteiger partial charge in [-0.25, -0.2) is 8.78 Å². The van der Waals surface area contributed by atoms with Gasteiger partial charge in [-0.15, -0.1) is 0 Å². The van der Waals surface area contributed by atoms with Crippen LogP contribution < -0.4 is 5.32 Å². The maximum absolute atomic E-state index is 13.8. The lowest BCUT2D eigenvalue weighted by Gasteiger charge is -2.26. The molecule has 4 rings (SSSR count). The molecular formula is C19H15F2N3O. The number of nitrogens with zero attached hydrogens (tertiary/aromatic N) is 2. The molecule has 0 saturated carbocycles. The van der Waals surface area contributed by atoms with E-state index in [1.165, 1.54) is 36.7 Å². The summed E-state index contributed by atoms with van der Waals surface area (Å²) >= 11 is 0. The van der Waals surface area contributed by atoms with Crippen LogP contribution in [0.3, 0.4) is 0 Å². The number of rotatable bonds is 2. The molecule has 2 aromatic carbocycles. The molecule has 1 atom stereocenters. The SMILES string of the molecule is O=C(NC1CCCc2cc(F)ccc21)c1cc(F)cc2nccnc12. The van der Waals surface area contributed by atoms with E-state index in [1.807, 2.05) is 0 Å². The van der Waals surface area contributed by atoms with Crippen molar-refractivity contribution in [3.63, 3.8) is 0 Å². The fourth-order valence-electron chi connectivity index (χ4n) is 3.38. The zero-order valence-corrected chi connectivity index (χ0v) is 13.3. The number of aromatic nitrogens is 2. The molecule has 1 N–H and O–H groups in total. The maximum Gasteiger partial charge on any atom is 0.254 e. The van der Waals surface area contributed by atoms with Crippen molar-refractivity contribution in [2.24, 2.45) is 0 Å². The van der Waals surface area contributed by atoms with Crippen LogP contribution in [0.15, 0.2) is 42.7 Å². The highest BCUT2D eigenvalue weighted by Gasteiger charge is 2.24. The van der Waals surface area contributed by atoms with E-state index in [0.717, 1.165) is 30.4 Å². The van der Waals surface area contributed by atoms with Gasteiger partial charge in [0.05, 0.1) is 17.1 Å². The van der Waals surface area contributed by atoms with Gasteiger partial charge in [-0.1, -0.05) is 6.07 Å². The molecule has 1 heterocycles. The number of carbonyl (C=O) groups is 1. The van der Waals surface area contributed by atoms with Crippen molar-refractivity contribution in [3.8, 4) is 0 Å². The summed E-state index contributed by atoms with van der Waals surface area (Å²) in [5.41, 5.74) is 2.65. The van der Waals surface area contributed by atoms with Gasteiger partial charge in [-0.2, -0.15) is 0 Å². The molecule has 25 heavy (non-hydrogen) atoms. The fourth-order valence-corrected chi connectivity index (χ4v) is 3.38. The predicted molar refractivity (Wildman–Crippen MR) is 89.0 cm³/mol. The van der Waals surface area contributed by atoms with E-state index >= 15 is 0 Å². The normalized spacial score (nSPS) is 16.5. The van der Waals surface area contributed by atoms with Crippen molar-refractivity contribution in [2.75, 3.05) is 0 Å². The molecule has 126 valence electrons. The topological polar surface area (TPSA) is 54.9 Å². The highest BCUT2D eigenvalue weighted by atomic mass is 19.1. The minimum Gasteiger partial charge on any atom is -0.345 e. The van der Waals surface area contributed by atoms with Gasteiger partial charge in [0.1, 0.15) is 17.2 Å². The predicted octanol–water partition coefficient (Wildman–Crippen LogP) is 3.72. The zero-order chi connectivity index (χ0) is 17.4. The van der Waals surface area contributed by atoms with Crippen molar-refractivity contribution in [2.45, 2.75) is 25.3 Å². The minimum absolute atomic E-state index is 0.150. The van der Waals surface area contributed by atoms with Gasteiger partial charge < -0.3 is 5.32 Å². The largest absolute Gasteiger partial charge is 0.345 e. The number of fused-ring (bicyclic) bond motifs is 2. The molecule has 1 amide bonds. The third-order valence-corrected chi connectivity index (χ3v) is 4.51. The Bertz CT molecular complexity index is 974. The molecule has 0 radical (unpaired) electrons. The standard InChI is InChI=1S/C19H15F2N3O/c20-12-4-5-14-11(8-12)2-1-3-16(14)24-19(25)15-9-13(21)10-17-18(15)23-7-6-22-17/h4-10,16H,1-3H2,(H,24,25). The number of nitrogens with one attached hydrogen (secondary N) is 1. The van der Waals surface area contributed by atoms with E-state index < -0.39 is 11.7 Å². The summed E-state index contributed by atoms with van der Waals surface area (Å²) in [6.45, 7) is 0. The minimum atomic E-state index is -0.538. The van der Waals surface area contributed by atoms with Gasteiger partial charge in [0.15, 0.2) is 0 Å². The van der Waals surface area contributed by atoms with E-state index in [-0.39, 0.29) is 17.4 Å². The summed E-state index contributed by atoms with van der Waals surface area (Å²) in [7, 11) is 0. The first-order chi connectivity index (χ1) is 12.1. The van der Waals surface area contributed by atoms with Crippen molar-refractivity contribution in [3.05, 3.63) is 71.1 Å². The van der Waals surface area contributed by atoms with E-state index in [4.69, 9.17) is 0 Å². The molecule has 0 spiro atoms. The van der Waals surface area contributed by atoms with Gasteiger partial charge in [0.2, 0.25) is 0 Å². The number of aryl methyl sites for hydroxylation is 1. The fraction of sp³-hybridized carbons (Fsp3) is 0.211. The first-order valence-corrected chi connectivity index (χ1v) is 8.11. The van der Waals surface area contributed by atoms with E-state index in [9.17, 15) is 13.6 Å². The molecular weight excluding hydrogens is 324 g/mol. The van der Waals surface area contributed by atoms with Gasteiger partial charge >= 0.3 is 0 Å². The van der Waals surface area contributed by atoms with Crippen LogP contribution in [-0.2, 0) is 6.42 Å². The second-order valence-electron chi connectivity index (χ2n) is 6.14. The van der Waals surface area contributed by atoms with Crippen LogP contribution in [0.5, 0.6) is 0 Å². The van der Waals surface area contributed by atoms with Crippen LogP contribution in [0.1, 0.15) is 40.4 Å². The monoisotopic (exact) mass is 339 g/mol. The first-order valence-electron chi connectivity index (χ1n) is 8.11. The quantitative estimate of drug-likeness (QED) is 0.774. The van der Waals surface area contributed by atoms with Gasteiger partial charge in [0, 0.05) is 18.5 Å². The van der Waals surface area contributed by atoms with E-state index in [1.54, 1.807) is 6.07 Å². The van der Waals surface area contributed by atoms with Gasteiger partial charge in [-0.3, -0.25) is 14.8 Å². The Morgan fingerprint density at radius 3 is 2.80 bits per heavy atom. The summed E-state index contributed by atoms with van der Waals surface area (Å²) in [5.74, 6) is -1.23.